The summed E-state index contributed by atoms with van der Waals surface area (Å²) < 4.78 is 45.7. The van der Waals surface area contributed by atoms with Crippen molar-refractivity contribution in [3.05, 3.63) is 83.4 Å². The molecule has 11 heteroatoms. The van der Waals surface area contributed by atoms with Gasteiger partial charge in [0.05, 0.1) is 15.4 Å². The Labute approximate surface area is 202 Å². The van der Waals surface area contributed by atoms with Gasteiger partial charge < -0.3 is 10.1 Å². The summed E-state index contributed by atoms with van der Waals surface area (Å²) in [5.74, 6) is 0.783. The summed E-state index contributed by atoms with van der Waals surface area (Å²) in [5, 5.41) is 9.06. The molecule has 174 valence electrons. The van der Waals surface area contributed by atoms with E-state index in [1.54, 1.807) is 30.3 Å². The van der Waals surface area contributed by atoms with Gasteiger partial charge in [-0.15, -0.1) is 11.3 Å². The van der Waals surface area contributed by atoms with E-state index in [0.29, 0.717) is 22.1 Å². The molecule has 0 bridgehead atoms. The van der Waals surface area contributed by atoms with E-state index in [0.717, 1.165) is 22.1 Å². The third-order valence-electron chi connectivity index (χ3n) is 4.55. The normalized spacial score (nSPS) is 11.2. The molecule has 0 radical (unpaired) electrons. The number of benzene rings is 2. The second kappa shape index (κ2) is 9.65. The quantitative estimate of drug-likeness (QED) is 0.324. The van der Waals surface area contributed by atoms with Gasteiger partial charge in [0.2, 0.25) is 0 Å². The van der Waals surface area contributed by atoms with E-state index in [1.807, 2.05) is 30.3 Å². The summed E-state index contributed by atoms with van der Waals surface area (Å²) in [6.45, 7) is 0. The molecule has 2 N–H and O–H groups in total. The lowest BCUT2D eigenvalue weighted by atomic mass is 10.3. The number of anilines is 1. The molecule has 0 saturated carbocycles. The van der Waals surface area contributed by atoms with Crippen LogP contribution in [0, 0.1) is 0 Å². The van der Waals surface area contributed by atoms with Gasteiger partial charge in [0.15, 0.2) is 10.8 Å². The van der Waals surface area contributed by atoms with Gasteiger partial charge in [-0.1, -0.05) is 24.3 Å². The largest absolute Gasteiger partial charge is 0.457 e. The molecule has 34 heavy (non-hydrogen) atoms. The molecule has 4 rings (SSSR count). The standard InChI is InChI=1S/C23H17F3N4O2S2/c1-30-17(13-20(29-30)23(24,25)26)18-10-11-19(34-18)21(31)28-22(33)27-14-6-5-9-16(12-14)32-15-7-3-2-4-8-15/h2-13H,1H3,(H2,27,28,31,33). The molecule has 0 unspecified atom stereocenters. The number of thiophene rings is 1. The van der Waals surface area contributed by atoms with E-state index in [1.165, 1.54) is 13.1 Å². The molecule has 1 amide bonds. The van der Waals surface area contributed by atoms with Crippen LogP contribution in [0.4, 0.5) is 18.9 Å². The topological polar surface area (TPSA) is 68.2 Å². The Kier molecular flexibility index (Phi) is 6.66. The highest BCUT2D eigenvalue weighted by Crippen LogP contribution is 2.34. The minimum atomic E-state index is -4.55. The number of carbonyl (C=O) groups is 1. The first-order chi connectivity index (χ1) is 16.2. The van der Waals surface area contributed by atoms with Gasteiger partial charge in [-0.05, 0) is 54.7 Å². The summed E-state index contributed by atoms with van der Waals surface area (Å²) in [4.78, 5) is 13.4. The number of ether oxygens (including phenoxy) is 1. The first-order valence-electron chi connectivity index (χ1n) is 9.86. The molecule has 2 aromatic heterocycles. The van der Waals surface area contributed by atoms with Crippen molar-refractivity contribution in [2.75, 3.05) is 5.32 Å². The van der Waals surface area contributed by atoms with Crippen LogP contribution in [0.1, 0.15) is 15.4 Å². The molecule has 2 heterocycles. The first kappa shape index (κ1) is 23.5. The Bertz CT molecular complexity index is 1330. The zero-order chi connectivity index (χ0) is 24.3. The minimum Gasteiger partial charge on any atom is -0.457 e. The first-order valence-corrected chi connectivity index (χ1v) is 11.1. The van der Waals surface area contributed by atoms with Crippen LogP contribution in [0.2, 0.25) is 0 Å². The van der Waals surface area contributed by atoms with Crippen molar-refractivity contribution in [3.63, 3.8) is 0 Å². The predicted molar refractivity (Wildman–Crippen MR) is 128 cm³/mol. The van der Waals surface area contributed by atoms with Crippen LogP contribution in [-0.2, 0) is 13.2 Å². The van der Waals surface area contributed by atoms with Crippen LogP contribution in [0.15, 0.2) is 72.8 Å². The van der Waals surface area contributed by atoms with E-state index < -0.39 is 17.8 Å². The average molecular weight is 503 g/mol. The zero-order valence-electron chi connectivity index (χ0n) is 17.6. The van der Waals surface area contributed by atoms with Crippen molar-refractivity contribution in [2.45, 2.75) is 6.18 Å². The van der Waals surface area contributed by atoms with Gasteiger partial charge in [0.1, 0.15) is 11.5 Å². The maximum absolute atomic E-state index is 12.9. The fourth-order valence-corrected chi connectivity index (χ4v) is 4.18. The van der Waals surface area contributed by atoms with Crippen LogP contribution < -0.4 is 15.4 Å². The number of rotatable bonds is 5. The highest BCUT2D eigenvalue weighted by Gasteiger charge is 2.34. The number of nitrogens with one attached hydrogen (secondary N) is 2. The van der Waals surface area contributed by atoms with Crippen molar-refractivity contribution in [1.82, 2.24) is 15.1 Å². The number of aryl methyl sites for hydroxylation is 1. The number of hydrogen-bond donors (Lipinski definition) is 2. The molecule has 0 aliphatic carbocycles. The van der Waals surface area contributed by atoms with Crippen LogP contribution in [0.3, 0.4) is 0 Å². The number of thiocarbonyl (C=S) groups is 1. The Morgan fingerprint density at radius 1 is 1.03 bits per heavy atom. The molecule has 0 aliphatic heterocycles. The Morgan fingerprint density at radius 2 is 1.76 bits per heavy atom. The minimum absolute atomic E-state index is 0.0664. The molecule has 2 aromatic carbocycles. The highest BCUT2D eigenvalue weighted by atomic mass is 32.1. The van der Waals surface area contributed by atoms with Crippen molar-refractivity contribution in [3.8, 4) is 22.1 Å². The second-order valence-electron chi connectivity index (χ2n) is 7.05. The highest BCUT2D eigenvalue weighted by molar-refractivity contribution is 7.80. The Hall–Kier alpha value is -3.70. The fraction of sp³-hybridized carbons (Fsp3) is 0.0870. The number of nitrogens with zero attached hydrogens (tertiary/aromatic N) is 2. The average Bonchev–Trinajstić information content (AvgIpc) is 3.41. The smallest absolute Gasteiger partial charge is 0.435 e. The molecule has 0 aliphatic rings. The van der Waals surface area contributed by atoms with Gasteiger partial charge >= 0.3 is 6.18 Å². The number of halogens is 3. The number of carbonyl (C=O) groups excluding carboxylic acids is 1. The van der Waals surface area contributed by atoms with Crippen LogP contribution in [0.25, 0.3) is 10.6 Å². The molecule has 4 aromatic rings. The van der Waals surface area contributed by atoms with Crippen molar-refractivity contribution in [1.29, 1.82) is 0 Å². The maximum Gasteiger partial charge on any atom is 0.435 e. The van der Waals surface area contributed by atoms with Gasteiger partial charge in [0.25, 0.3) is 5.91 Å². The molecular weight excluding hydrogens is 485 g/mol. The van der Waals surface area contributed by atoms with Crippen molar-refractivity contribution >= 4 is 40.3 Å². The lowest BCUT2D eigenvalue weighted by molar-refractivity contribution is -0.141. The monoisotopic (exact) mass is 502 g/mol. The Balaban J connectivity index is 1.39. The molecule has 6 nitrogen and oxygen atoms in total. The van der Waals surface area contributed by atoms with Crippen LogP contribution >= 0.6 is 23.6 Å². The lowest BCUT2D eigenvalue weighted by Crippen LogP contribution is -2.33. The fourth-order valence-electron chi connectivity index (χ4n) is 3.02. The summed E-state index contributed by atoms with van der Waals surface area (Å²) in [5.41, 5.74) is -0.124. The number of hydrogen-bond acceptors (Lipinski definition) is 5. The number of para-hydroxylation sites is 1. The summed E-state index contributed by atoms with van der Waals surface area (Å²) in [7, 11) is 1.42. The van der Waals surface area contributed by atoms with Crippen LogP contribution in [-0.4, -0.2) is 20.8 Å². The SMILES string of the molecule is Cn1nc(C(F)(F)F)cc1-c1ccc(C(=O)NC(=S)Nc2cccc(Oc3ccccc3)c2)s1. The molecular formula is C23H17F3N4O2S2. The molecule has 0 fully saturated rings. The number of alkyl halides is 3. The number of amides is 1. The van der Waals surface area contributed by atoms with Gasteiger partial charge in [0, 0.05) is 18.8 Å². The second-order valence-corrected chi connectivity index (χ2v) is 8.54. The van der Waals surface area contributed by atoms with E-state index >= 15 is 0 Å². The van der Waals surface area contributed by atoms with Crippen LogP contribution in [0.5, 0.6) is 11.5 Å². The molecule has 0 saturated heterocycles. The lowest BCUT2D eigenvalue weighted by Gasteiger charge is -2.11. The van der Waals surface area contributed by atoms with Gasteiger partial charge in [-0.2, -0.15) is 18.3 Å². The summed E-state index contributed by atoms with van der Waals surface area (Å²) >= 11 is 6.27. The molecule has 0 atom stereocenters. The Morgan fingerprint density at radius 3 is 2.47 bits per heavy atom. The van der Waals surface area contributed by atoms with E-state index in [-0.39, 0.29) is 15.7 Å². The van der Waals surface area contributed by atoms with E-state index in [4.69, 9.17) is 17.0 Å². The number of aromatic nitrogens is 2. The third-order valence-corrected chi connectivity index (χ3v) is 5.86. The molecule has 0 spiro atoms. The van der Waals surface area contributed by atoms with Gasteiger partial charge in [-0.25, -0.2) is 0 Å². The zero-order valence-corrected chi connectivity index (χ0v) is 19.2. The maximum atomic E-state index is 12.9. The summed E-state index contributed by atoms with van der Waals surface area (Å²) in [6.07, 6.45) is -4.55. The summed E-state index contributed by atoms with van der Waals surface area (Å²) in [6, 6.07) is 20.4. The third kappa shape index (κ3) is 5.61. The van der Waals surface area contributed by atoms with Gasteiger partial charge in [-0.3, -0.25) is 14.8 Å². The van der Waals surface area contributed by atoms with E-state index in [2.05, 4.69) is 15.7 Å². The van der Waals surface area contributed by atoms with Crippen molar-refractivity contribution < 1.29 is 22.7 Å². The van der Waals surface area contributed by atoms with Crippen molar-refractivity contribution in [2.24, 2.45) is 7.05 Å². The van der Waals surface area contributed by atoms with E-state index in [9.17, 15) is 18.0 Å². The predicted octanol–water partition coefficient (Wildman–Crippen LogP) is 6.09.